The number of ether oxygens (including phenoxy) is 2. The van der Waals surface area contributed by atoms with Gasteiger partial charge in [-0.15, -0.1) is 0 Å². The second kappa shape index (κ2) is 6.72. The average Bonchev–Trinajstić information content (AvgIpc) is 3.34. The maximum absolute atomic E-state index is 12.5. The summed E-state index contributed by atoms with van der Waals surface area (Å²) in [5.74, 6) is 1.34. The number of benzene rings is 1. The molecule has 2 aromatic heterocycles. The van der Waals surface area contributed by atoms with Gasteiger partial charge in [-0.3, -0.25) is 4.79 Å². The highest BCUT2D eigenvalue weighted by Gasteiger charge is 2.45. The number of esters is 1. The second-order valence-electron chi connectivity index (χ2n) is 6.45. The van der Waals surface area contributed by atoms with Gasteiger partial charge in [0.1, 0.15) is 11.6 Å². The lowest BCUT2D eigenvalue weighted by Gasteiger charge is -2.10. The first kappa shape index (κ1) is 17.0. The molecule has 0 saturated heterocycles. The molecule has 1 saturated carbocycles. The number of hydrogen-bond acceptors (Lipinski definition) is 5. The fraction of sp³-hybridized carbons (Fsp3) is 0.316. The number of aromatic nitrogens is 3. The Balaban J connectivity index is 1.41. The monoisotopic (exact) mass is 415 g/mol. The highest BCUT2D eigenvalue weighted by atomic mass is 79.9. The zero-order valence-electron chi connectivity index (χ0n) is 14.4. The van der Waals surface area contributed by atoms with Crippen LogP contribution in [0.3, 0.4) is 0 Å². The molecule has 1 aliphatic rings. The topological polar surface area (TPSA) is 77.1 Å². The van der Waals surface area contributed by atoms with Gasteiger partial charge in [-0.1, -0.05) is 12.1 Å². The van der Waals surface area contributed by atoms with Crippen molar-refractivity contribution in [1.29, 1.82) is 0 Å². The summed E-state index contributed by atoms with van der Waals surface area (Å²) < 4.78 is 11.7. The van der Waals surface area contributed by atoms with Gasteiger partial charge in [0.2, 0.25) is 0 Å². The van der Waals surface area contributed by atoms with E-state index in [9.17, 15) is 4.79 Å². The molecule has 0 radical (unpaired) electrons. The number of hydrogen-bond donors (Lipinski definition) is 1. The van der Waals surface area contributed by atoms with Crippen LogP contribution in [0.2, 0.25) is 0 Å². The molecular weight excluding hydrogens is 398 g/mol. The van der Waals surface area contributed by atoms with Crippen LogP contribution >= 0.6 is 15.9 Å². The van der Waals surface area contributed by atoms with Crippen molar-refractivity contribution < 1.29 is 14.3 Å². The molecule has 3 atom stereocenters. The molecule has 1 N–H and O–H groups in total. The maximum atomic E-state index is 12.5. The molecule has 1 aliphatic carbocycles. The minimum Gasteiger partial charge on any atom is -0.497 e. The number of methoxy groups -OCH3 is 1. The zero-order chi connectivity index (χ0) is 18.3. The molecule has 2 heterocycles. The van der Waals surface area contributed by atoms with Crippen molar-refractivity contribution in [2.75, 3.05) is 7.11 Å². The molecule has 3 unspecified atom stereocenters. The molecule has 0 amide bonds. The number of rotatable bonds is 5. The summed E-state index contributed by atoms with van der Waals surface area (Å²) in [4.78, 5) is 24.3. The lowest BCUT2D eigenvalue weighted by molar-refractivity contribution is -0.150. The fourth-order valence-corrected chi connectivity index (χ4v) is 3.41. The quantitative estimate of drug-likeness (QED) is 0.633. The van der Waals surface area contributed by atoms with Crippen molar-refractivity contribution in [1.82, 2.24) is 15.0 Å². The van der Waals surface area contributed by atoms with Gasteiger partial charge in [0.25, 0.3) is 0 Å². The molecule has 0 aliphatic heterocycles. The van der Waals surface area contributed by atoms with Crippen molar-refractivity contribution in [3.05, 3.63) is 52.4 Å². The van der Waals surface area contributed by atoms with Crippen LogP contribution in [0.25, 0.3) is 11.2 Å². The molecule has 7 heteroatoms. The van der Waals surface area contributed by atoms with Crippen LogP contribution in [0.1, 0.15) is 36.8 Å². The number of fused-ring (bicyclic) bond motifs is 1. The SMILES string of the molecule is COc1ccc(C2CC2C(=O)OC(C)c2nc3ncc(Br)cc3[nH]2)cc1. The zero-order valence-corrected chi connectivity index (χ0v) is 16.0. The minimum absolute atomic E-state index is 0.0949. The third kappa shape index (κ3) is 3.31. The van der Waals surface area contributed by atoms with E-state index in [0.29, 0.717) is 11.5 Å². The van der Waals surface area contributed by atoms with Crippen LogP contribution in [0.15, 0.2) is 41.0 Å². The summed E-state index contributed by atoms with van der Waals surface area (Å²) >= 11 is 3.38. The van der Waals surface area contributed by atoms with Crippen molar-refractivity contribution in [2.24, 2.45) is 5.92 Å². The fourth-order valence-electron chi connectivity index (χ4n) is 3.08. The Bertz CT molecular complexity index is 954. The molecule has 134 valence electrons. The second-order valence-corrected chi connectivity index (χ2v) is 7.36. The van der Waals surface area contributed by atoms with E-state index in [4.69, 9.17) is 9.47 Å². The molecule has 0 bridgehead atoms. The highest BCUT2D eigenvalue weighted by Crippen LogP contribution is 2.48. The van der Waals surface area contributed by atoms with Gasteiger partial charge in [-0.25, -0.2) is 9.97 Å². The number of nitrogens with one attached hydrogen (secondary N) is 1. The number of aromatic amines is 1. The van der Waals surface area contributed by atoms with Gasteiger partial charge in [-0.05, 0) is 59.0 Å². The van der Waals surface area contributed by atoms with Crippen LogP contribution in [0.4, 0.5) is 0 Å². The van der Waals surface area contributed by atoms with E-state index in [-0.39, 0.29) is 17.8 Å². The van der Waals surface area contributed by atoms with Gasteiger partial charge in [-0.2, -0.15) is 0 Å². The molecular formula is C19H18BrN3O3. The van der Waals surface area contributed by atoms with Gasteiger partial charge in [0, 0.05) is 10.7 Å². The number of H-pyrrole nitrogens is 1. The van der Waals surface area contributed by atoms with Crippen LogP contribution in [-0.2, 0) is 9.53 Å². The van der Waals surface area contributed by atoms with E-state index in [2.05, 4.69) is 30.9 Å². The van der Waals surface area contributed by atoms with E-state index in [1.165, 1.54) is 0 Å². The number of carbonyl (C=O) groups is 1. The van der Waals surface area contributed by atoms with Gasteiger partial charge >= 0.3 is 5.97 Å². The lowest BCUT2D eigenvalue weighted by atomic mass is 10.1. The summed E-state index contributed by atoms with van der Waals surface area (Å²) in [6.07, 6.45) is 2.05. The third-order valence-electron chi connectivity index (χ3n) is 4.64. The molecule has 1 fully saturated rings. The molecule has 6 nitrogen and oxygen atoms in total. The summed E-state index contributed by atoms with van der Waals surface area (Å²) in [5, 5.41) is 0. The summed E-state index contributed by atoms with van der Waals surface area (Å²) in [7, 11) is 1.64. The summed E-state index contributed by atoms with van der Waals surface area (Å²) in [6, 6.07) is 9.73. The Labute approximate surface area is 159 Å². The largest absolute Gasteiger partial charge is 0.497 e. The Kier molecular flexibility index (Phi) is 4.40. The first-order valence-electron chi connectivity index (χ1n) is 8.40. The predicted octanol–water partition coefficient (Wildman–Crippen LogP) is 4.14. The Morgan fingerprint density at radius 2 is 2.12 bits per heavy atom. The van der Waals surface area contributed by atoms with E-state index in [1.54, 1.807) is 13.3 Å². The van der Waals surface area contributed by atoms with Crippen LogP contribution in [0, 0.1) is 5.92 Å². The molecule has 26 heavy (non-hydrogen) atoms. The summed E-state index contributed by atoms with van der Waals surface area (Å²) in [6.45, 7) is 1.81. The van der Waals surface area contributed by atoms with Crippen LogP contribution in [0.5, 0.6) is 5.75 Å². The van der Waals surface area contributed by atoms with Crippen LogP contribution in [-0.4, -0.2) is 28.0 Å². The van der Waals surface area contributed by atoms with Crippen molar-refractivity contribution in [3.8, 4) is 5.75 Å². The highest BCUT2D eigenvalue weighted by molar-refractivity contribution is 9.10. The Morgan fingerprint density at radius 3 is 2.85 bits per heavy atom. The lowest BCUT2D eigenvalue weighted by Crippen LogP contribution is -2.12. The minimum atomic E-state index is -0.451. The number of nitrogens with zero attached hydrogens (tertiary/aromatic N) is 2. The molecule has 3 aromatic rings. The normalized spacial score (nSPS) is 20.0. The van der Waals surface area contributed by atoms with E-state index in [0.717, 1.165) is 27.7 Å². The molecule has 0 spiro atoms. The van der Waals surface area contributed by atoms with Crippen LogP contribution < -0.4 is 4.74 Å². The standard InChI is InChI=1S/C19H18BrN3O3/c1-10(17-22-16-7-12(20)9-21-18(16)23-17)26-19(24)15-8-14(15)11-3-5-13(25-2)6-4-11/h3-7,9-10,14-15H,8H2,1-2H3,(H,21,22,23). The number of pyridine rings is 1. The Morgan fingerprint density at radius 1 is 1.35 bits per heavy atom. The number of halogens is 1. The smallest absolute Gasteiger partial charge is 0.310 e. The van der Waals surface area contributed by atoms with Crippen molar-refractivity contribution in [3.63, 3.8) is 0 Å². The average molecular weight is 416 g/mol. The Hall–Kier alpha value is -2.41. The molecule has 1 aromatic carbocycles. The maximum Gasteiger partial charge on any atom is 0.310 e. The van der Waals surface area contributed by atoms with E-state index < -0.39 is 6.10 Å². The van der Waals surface area contributed by atoms with E-state index in [1.807, 2.05) is 37.3 Å². The predicted molar refractivity (Wildman–Crippen MR) is 99.9 cm³/mol. The van der Waals surface area contributed by atoms with Crippen molar-refractivity contribution in [2.45, 2.75) is 25.4 Å². The van der Waals surface area contributed by atoms with E-state index >= 15 is 0 Å². The van der Waals surface area contributed by atoms with Gasteiger partial charge in [0.15, 0.2) is 11.8 Å². The van der Waals surface area contributed by atoms with Gasteiger partial charge < -0.3 is 14.5 Å². The summed E-state index contributed by atoms with van der Waals surface area (Å²) in [5.41, 5.74) is 2.55. The number of imidazole rings is 1. The first-order valence-corrected chi connectivity index (χ1v) is 9.20. The third-order valence-corrected chi connectivity index (χ3v) is 5.07. The van der Waals surface area contributed by atoms with Crippen molar-refractivity contribution >= 4 is 33.1 Å². The molecule has 4 rings (SSSR count). The number of carbonyl (C=O) groups excluding carboxylic acids is 1. The first-order chi connectivity index (χ1) is 12.5. The van der Waals surface area contributed by atoms with Gasteiger partial charge in [0.05, 0.1) is 18.5 Å².